The van der Waals surface area contributed by atoms with E-state index in [4.69, 9.17) is 4.74 Å². The van der Waals surface area contributed by atoms with Crippen LogP contribution in [0, 0.1) is 0 Å². The number of nitrogens with one attached hydrogen (secondary N) is 1. The largest absolute Gasteiger partial charge is 0.495 e. The van der Waals surface area contributed by atoms with Crippen LogP contribution in [0.3, 0.4) is 0 Å². The van der Waals surface area contributed by atoms with E-state index in [0.717, 1.165) is 6.07 Å². The topological polar surface area (TPSA) is 67.2 Å². The predicted octanol–water partition coefficient (Wildman–Crippen LogP) is 4.72. The van der Waals surface area contributed by atoms with Gasteiger partial charge in [0.05, 0.1) is 18.9 Å². The lowest BCUT2D eigenvalue weighted by atomic mass is 10.0. The summed E-state index contributed by atoms with van der Waals surface area (Å²) in [5, 5.41) is 10.8. The van der Waals surface area contributed by atoms with E-state index in [1.54, 1.807) is 24.4 Å². The van der Waals surface area contributed by atoms with Crippen molar-refractivity contribution in [1.29, 1.82) is 0 Å². The Hall–Kier alpha value is -3.68. The molecule has 4 rings (SSSR count). The fourth-order valence-corrected chi connectivity index (χ4v) is 3.25. The fraction of sp³-hybridized carbons (Fsp3) is 0.0952. The number of fused-ring (bicyclic) bond motifs is 1. The smallest absolute Gasteiger partial charge is 0.417 e. The summed E-state index contributed by atoms with van der Waals surface area (Å²) < 4.78 is 46.5. The first kappa shape index (κ1) is 18.7. The zero-order valence-electron chi connectivity index (χ0n) is 15.1. The van der Waals surface area contributed by atoms with Crippen LogP contribution in [0.15, 0.2) is 65.6 Å². The van der Waals surface area contributed by atoms with E-state index < -0.39 is 17.3 Å². The SMILES string of the molecule is COc1cc(O)n(-c2ccc3cc(-c4ccccc4C(F)(F)F)[nH]c(=O)c3c2)c1. The molecule has 0 aliphatic heterocycles. The molecule has 29 heavy (non-hydrogen) atoms. The molecule has 2 aromatic carbocycles. The number of aromatic hydroxyl groups is 1. The molecule has 0 radical (unpaired) electrons. The van der Waals surface area contributed by atoms with Crippen molar-refractivity contribution in [2.24, 2.45) is 0 Å². The van der Waals surface area contributed by atoms with Gasteiger partial charge in [0.2, 0.25) is 0 Å². The number of pyridine rings is 1. The molecule has 0 saturated heterocycles. The Morgan fingerprint density at radius 3 is 2.52 bits per heavy atom. The lowest BCUT2D eigenvalue weighted by Crippen LogP contribution is -2.11. The van der Waals surface area contributed by atoms with Gasteiger partial charge in [-0.25, -0.2) is 0 Å². The molecule has 0 amide bonds. The van der Waals surface area contributed by atoms with Crippen molar-refractivity contribution >= 4 is 10.8 Å². The first-order chi connectivity index (χ1) is 13.8. The Morgan fingerprint density at radius 2 is 1.83 bits per heavy atom. The molecule has 2 aromatic heterocycles. The maximum Gasteiger partial charge on any atom is 0.417 e. The van der Waals surface area contributed by atoms with Gasteiger partial charge in [0.15, 0.2) is 5.88 Å². The van der Waals surface area contributed by atoms with Crippen LogP contribution in [-0.4, -0.2) is 21.8 Å². The molecule has 5 nitrogen and oxygen atoms in total. The molecule has 4 aromatic rings. The Labute approximate surface area is 162 Å². The van der Waals surface area contributed by atoms with Crippen molar-refractivity contribution in [3.05, 3.63) is 76.7 Å². The standard InChI is InChI=1S/C21H15F3N2O3/c1-29-14-10-19(27)26(11-14)13-7-6-12-8-18(25-20(28)16(12)9-13)15-4-2-3-5-17(15)21(22,23)24/h2-11,27H,1H3,(H,25,28). The van der Waals surface area contributed by atoms with Gasteiger partial charge in [-0.1, -0.05) is 24.3 Å². The quantitative estimate of drug-likeness (QED) is 0.523. The van der Waals surface area contributed by atoms with Crippen molar-refractivity contribution < 1.29 is 23.0 Å². The number of rotatable bonds is 3. The summed E-state index contributed by atoms with van der Waals surface area (Å²) in [4.78, 5) is 15.2. The highest BCUT2D eigenvalue weighted by atomic mass is 19.4. The highest BCUT2D eigenvalue weighted by Gasteiger charge is 2.33. The average Bonchev–Trinajstić information content (AvgIpc) is 3.08. The molecule has 0 fully saturated rings. The second-order valence-electron chi connectivity index (χ2n) is 6.44. The predicted molar refractivity (Wildman–Crippen MR) is 103 cm³/mol. The number of benzene rings is 2. The van der Waals surface area contributed by atoms with E-state index in [0.29, 0.717) is 16.8 Å². The van der Waals surface area contributed by atoms with Crippen LogP contribution in [0.25, 0.3) is 27.7 Å². The van der Waals surface area contributed by atoms with Gasteiger partial charge in [0, 0.05) is 28.4 Å². The zero-order chi connectivity index (χ0) is 20.8. The molecule has 0 aliphatic rings. The van der Waals surface area contributed by atoms with Crippen LogP contribution in [0.1, 0.15) is 5.56 Å². The third-order valence-corrected chi connectivity index (χ3v) is 4.64. The second-order valence-corrected chi connectivity index (χ2v) is 6.44. The van der Waals surface area contributed by atoms with E-state index in [2.05, 4.69) is 4.98 Å². The number of halogens is 3. The van der Waals surface area contributed by atoms with Crippen LogP contribution in [-0.2, 0) is 6.18 Å². The number of methoxy groups -OCH3 is 1. The molecule has 0 spiro atoms. The second kappa shape index (κ2) is 6.73. The molecular formula is C21H15F3N2O3. The molecule has 0 atom stereocenters. The first-order valence-corrected chi connectivity index (χ1v) is 8.57. The van der Waals surface area contributed by atoms with Gasteiger partial charge in [-0.15, -0.1) is 0 Å². The van der Waals surface area contributed by atoms with Gasteiger partial charge in [-0.3, -0.25) is 9.36 Å². The van der Waals surface area contributed by atoms with Gasteiger partial charge < -0.3 is 14.8 Å². The number of hydrogen-bond donors (Lipinski definition) is 2. The number of hydrogen-bond acceptors (Lipinski definition) is 3. The Morgan fingerprint density at radius 1 is 1.07 bits per heavy atom. The Bertz CT molecular complexity index is 1270. The summed E-state index contributed by atoms with van der Waals surface area (Å²) in [5.74, 6) is 0.365. The third-order valence-electron chi connectivity index (χ3n) is 4.64. The van der Waals surface area contributed by atoms with Crippen LogP contribution >= 0.6 is 0 Å². The monoisotopic (exact) mass is 400 g/mol. The van der Waals surface area contributed by atoms with Crippen molar-refractivity contribution in [3.8, 4) is 28.6 Å². The number of aromatic amines is 1. The molecule has 0 aliphatic carbocycles. The van der Waals surface area contributed by atoms with Gasteiger partial charge >= 0.3 is 6.18 Å². The lowest BCUT2D eigenvalue weighted by Gasteiger charge is -2.13. The summed E-state index contributed by atoms with van der Waals surface area (Å²) >= 11 is 0. The fourth-order valence-electron chi connectivity index (χ4n) is 3.25. The lowest BCUT2D eigenvalue weighted by molar-refractivity contribution is -0.137. The van der Waals surface area contributed by atoms with Crippen LogP contribution in [0.5, 0.6) is 11.6 Å². The molecule has 2 N–H and O–H groups in total. The molecule has 0 saturated carbocycles. The summed E-state index contributed by atoms with van der Waals surface area (Å²) in [6, 6.07) is 12.8. The van der Waals surface area contributed by atoms with Crippen LogP contribution in [0.2, 0.25) is 0 Å². The van der Waals surface area contributed by atoms with Gasteiger partial charge in [0.25, 0.3) is 5.56 Å². The van der Waals surface area contributed by atoms with Gasteiger partial charge in [-0.2, -0.15) is 13.2 Å². The van der Waals surface area contributed by atoms with Crippen molar-refractivity contribution in [2.45, 2.75) is 6.18 Å². The number of aromatic nitrogens is 2. The molecule has 0 unspecified atom stereocenters. The number of H-pyrrole nitrogens is 1. The van der Waals surface area contributed by atoms with E-state index in [1.165, 1.54) is 42.0 Å². The minimum atomic E-state index is -4.54. The van der Waals surface area contributed by atoms with E-state index in [1.807, 2.05) is 0 Å². The minimum absolute atomic E-state index is 0.0756. The number of nitrogens with zero attached hydrogens (tertiary/aromatic N) is 1. The number of alkyl halides is 3. The first-order valence-electron chi connectivity index (χ1n) is 8.57. The summed E-state index contributed by atoms with van der Waals surface area (Å²) in [7, 11) is 1.46. The van der Waals surface area contributed by atoms with Crippen molar-refractivity contribution in [3.63, 3.8) is 0 Å². The van der Waals surface area contributed by atoms with Gasteiger partial charge in [-0.05, 0) is 29.7 Å². The molecule has 2 heterocycles. The van der Waals surface area contributed by atoms with Crippen molar-refractivity contribution in [2.75, 3.05) is 7.11 Å². The summed E-state index contributed by atoms with van der Waals surface area (Å²) in [6.45, 7) is 0. The maximum atomic E-state index is 13.3. The molecule has 148 valence electrons. The van der Waals surface area contributed by atoms with Crippen molar-refractivity contribution in [1.82, 2.24) is 9.55 Å². The van der Waals surface area contributed by atoms with E-state index >= 15 is 0 Å². The minimum Gasteiger partial charge on any atom is -0.495 e. The van der Waals surface area contributed by atoms with Crippen LogP contribution < -0.4 is 10.3 Å². The normalized spacial score (nSPS) is 11.7. The zero-order valence-corrected chi connectivity index (χ0v) is 15.1. The summed E-state index contributed by atoms with van der Waals surface area (Å²) in [5.41, 5.74) is -0.873. The molecule has 0 bridgehead atoms. The maximum absolute atomic E-state index is 13.3. The van der Waals surface area contributed by atoms with E-state index in [9.17, 15) is 23.1 Å². The summed E-state index contributed by atoms with van der Waals surface area (Å²) in [6.07, 6.45) is -2.99. The number of ether oxygens (including phenoxy) is 1. The highest BCUT2D eigenvalue weighted by molar-refractivity contribution is 5.87. The highest BCUT2D eigenvalue weighted by Crippen LogP contribution is 2.36. The molecule has 8 heteroatoms. The third kappa shape index (κ3) is 3.33. The van der Waals surface area contributed by atoms with E-state index in [-0.39, 0.29) is 22.5 Å². The average molecular weight is 400 g/mol. The Kier molecular flexibility index (Phi) is 4.34. The molecular weight excluding hydrogens is 385 g/mol. The Balaban J connectivity index is 1.86. The van der Waals surface area contributed by atoms with Gasteiger partial charge in [0.1, 0.15) is 5.75 Å². The van der Waals surface area contributed by atoms with Crippen LogP contribution in [0.4, 0.5) is 13.2 Å².